The van der Waals surface area contributed by atoms with Crippen LogP contribution >= 0.6 is 0 Å². The van der Waals surface area contributed by atoms with E-state index >= 15 is 0 Å². The van der Waals surface area contributed by atoms with Gasteiger partial charge in [-0.25, -0.2) is 0 Å². The summed E-state index contributed by atoms with van der Waals surface area (Å²) in [5, 5.41) is -1.94. The van der Waals surface area contributed by atoms with Gasteiger partial charge < -0.3 is 9.47 Å². The molecular weight excluding hydrogens is 359 g/mol. The number of hydrogen-bond donors (Lipinski definition) is 1. The van der Waals surface area contributed by atoms with Gasteiger partial charge in [0.05, 0.1) is 19.6 Å². The molecule has 0 saturated carbocycles. The van der Waals surface area contributed by atoms with Crippen molar-refractivity contribution in [3.8, 4) is 0 Å². The summed E-state index contributed by atoms with van der Waals surface area (Å²) in [6.07, 6.45) is 2.18. The minimum atomic E-state index is -4.73. The molecule has 0 spiro atoms. The maximum atomic E-state index is 11.8. The van der Waals surface area contributed by atoms with Crippen LogP contribution in [-0.4, -0.2) is 43.4 Å². The Bertz CT molecular complexity index is 489. The van der Waals surface area contributed by atoms with Crippen LogP contribution in [0.2, 0.25) is 0 Å². The topological polar surface area (TPSA) is 107 Å². The average Bonchev–Trinajstić information content (AvgIpc) is 2.43. The van der Waals surface area contributed by atoms with Crippen molar-refractivity contribution in [3.63, 3.8) is 0 Å². The third kappa shape index (κ3) is 14.7. The van der Waals surface area contributed by atoms with Crippen molar-refractivity contribution >= 4 is 22.1 Å². The van der Waals surface area contributed by atoms with E-state index in [-0.39, 0.29) is 42.8 Å². The van der Waals surface area contributed by atoms with Crippen LogP contribution in [0.3, 0.4) is 0 Å². The fourth-order valence-corrected chi connectivity index (χ4v) is 2.61. The second kappa shape index (κ2) is 14.0. The molecule has 0 aromatic heterocycles. The molecule has 0 aliphatic carbocycles. The molecule has 1 unspecified atom stereocenters. The molecule has 1 atom stereocenters. The Morgan fingerprint density at radius 2 is 1.36 bits per heavy atom. The van der Waals surface area contributed by atoms with E-state index in [0.717, 1.165) is 12.8 Å². The van der Waals surface area contributed by atoms with Crippen molar-refractivity contribution in [2.45, 2.75) is 65.0 Å². The first kappa shape index (κ1) is 27.1. The van der Waals surface area contributed by atoms with Gasteiger partial charge in [-0.15, -0.1) is 0 Å². The van der Waals surface area contributed by atoms with Crippen LogP contribution in [0.1, 0.15) is 59.8 Å². The predicted molar refractivity (Wildman–Crippen MR) is 90.0 cm³/mol. The summed E-state index contributed by atoms with van der Waals surface area (Å²) < 4.78 is 41.5. The first-order valence-electron chi connectivity index (χ1n) is 8.32. The zero-order valence-electron chi connectivity index (χ0n) is 16.0. The van der Waals surface area contributed by atoms with E-state index in [1.807, 2.05) is 27.7 Å². The Labute approximate surface area is 173 Å². The number of carbonyl (C=O) groups is 2. The minimum absolute atomic E-state index is 0. The Kier molecular flexibility index (Phi) is 15.1. The summed E-state index contributed by atoms with van der Waals surface area (Å²) in [5.74, 6) is -1.07. The summed E-state index contributed by atoms with van der Waals surface area (Å²) >= 11 is 0. The van der Waals surface area contributed by atoms with Crippen LogP contribution in [0, 0.1) is 11.8 Å². The number of ether oxygens (including phenoxy) is 2. The third-order valence-corrected chi connectivity index (χ3v) is 4.41. The summed E-state index contributed by atoms with van der Waals surface area (Å²) in [6.45, 7) is 8.29. The van der Waals surface area contributed by atoms with E-state index in [2.05, 4.69) is 0 Å². The standard InChI is InChI=1S/C16H30O7S.Na/c1-12(2)7-5-9-22-15(17)11-14(24(19,20)21)16(18)23-10-6-8-13(3)4;/h12-14H,5-11H2,1-4H3,(H,19,20,21);/q;+1. The maximum absolute atomic E-state index is 11.8. The summed E-state index contributed by atoms with van der Waals surface area (Å²) in [4.78, 5) is 23.5. The molecule has 0 aliphatic heterocycles. The van der Waals surface area contributed by atoms with Crippen LogP contribution in [0.5, 0.6) is 0 Å². The molecule has 1 N–H and O–H groups in total. The molecule has 0 radical (unpaired) electrons. The van der Waals surface area contributed by atoms with E-state index in [1.54, 1.807) is 0 Å². The largest absolute Gasteiger partial charge is 1.00 e. The molecule has 0 aromatic rings. The Hall–Kier alpha value is -0.150. The van der Waals surface area contributed by atoms with E-state index in [4.69, 9.17) is 14.0 Å². The van der Waals surface area contributed by atoms with Gasteiger partial charge in [0.1, 0.15) is 0 Å². The van der Waals surface area contributed by atoms with Gasteiger partial charge in [0.25, 0.3) is 10.1 Å². The number of carbonyl (C=O) groups excluding carboxylic acids is 2. The molecule has 0 rings (SSSR count). The van der Waals surface area contributed by atoms with Gasteiger partial charge in [-0.3, -0.25) is 14.1 Å². The smallest absolute Gasteiger partial charge is 0.466 e. The minimum Gasteiger partial charge on any atom is -0.466 e. The average molecular weight is 389 g/mol. The van der Waals surface area contributed by atoms with Gasteiger partial charge in [-0.1, -0.05) is 27.7 Å². The van der Waals surface area contributed by atoms with Crippen molar-refractivity contribution < 1.29 is 61.6 Å². The van der Waals surface area contributed by atoms with Gasteiger partial charge in [-0.05, 0) is 37.5 Å². The molecule has 0 heterocycles. The van der Waals surface area contributed by atoms with E-state index in [0.29, 0.717) is 24.7 Å². The van der Waals surface area contributed by atoms with Crippen molar-refractivity contribution in [2.24, 2.45) is 11.8 Å². The number of hydrogen-bond acceptors (Lipinski definition) is 6. The summed E-state index contributed by atoms with van der Waals surface area (Å²) in [6, 6.07) is 0. The first-order valence-corrected chi connectivity index (χ1v) is 9.83. The van der Waals surface area contributed by atoms with Crippen LogP contribution in [0.4, 0.5) is 0 Å². The van der Waals surface area contributed by atoms with Crippen LogP contribution < -0.4 is 29.6 Å². The molecule has 0 bridgehead atoms. The molecular formula is C16H30NaO7S+. The number of rotatable bonds is 12. The van der Waals surface area contributed by atoms with E-state index in [1.165, 1.54) is 0 Å². The van der Waals surface area contributed by atoms with Gasteiger partial charge in [0.2, 0.25) is 0 Å². The molecule has 25 heavy (non-hydrogen) atoms. The number of esters is 2. The quantitative estimate of drug-likeness (QED) is 0.209. The van der Waals surface area contributed by atoms with Gasteiger partial charge in [-0.2, -0.15) is 8.42 Å². The maximum Gasteiger partial charge on any atom is 1.00 e. The van der Waals surface area contributed by atoms with Crippen molar-refractivity contribution in [2.75, 3.05) is 13.2 Å². The predicted octanol–water partition coefficient (Wildman–Crippen LogP) is -0.404. The zero-order valence-corrected chi connectivity index (χ0v) is 18.8. The fraction of sp³-hybridized carbons (Fsp3) is 0.875. The normalized spacial score (nSPS) is 12.6. The second-order valence-electron chi connectivity index (χ2n) is 6.67. The molecule has 142 valence electrons. The second-order valence-corrected chi connectivity index (χ2v) is 8.27. The first-order chi connectivity index (χ1) is 11.0. The van der Waals surface area contributed by atoms with E-state index in [9.17, 15) is 18.0 Å². The van der Waals surface area contributed by atoms with Gasteiger partial charge in [0, 0.05) is 0 Å². The van der Waals surface area contributed by atoms with Crippen molar-refractivity contribution in [3.05, 3.63) is 0 Å². The SMILES string of the molecule is CC(C)CCCOC(=O)CC(C(=O)OCCCC(C)C)S(=O)(=O)O.[Na+]. The molecule has 0 saturated heterocycles. The molecule has 0 aliphatic rings. The Morgan fingerprint density at radius 3 is 1.76 bits per heavy atom. The fourth-order valence-electron chi connectivity index (χ4n) is 1.96. The molecule has 0 fully saturated rings. The zero-order chi connectivity index (χ0) is 18.8. The van der Waals surface area contributed by atoms with Crippen molar-refractivity contribution in [1.82, 2.24) is 0 Å². The van der Waals surface area contributed by atoms with Crippen LogP contribution in [0.25, 0.3) is 0 Å². The summed E-state index contributed by atoms with van der Waals surface area (Å²) in [7, 11) is -4.73. The Balaban J connectivity index is 0. The van der Waals surface area contributed by atoms with Crippen LogP contribution in [-0.2, 0) is 29.2 Å². The molecule has 7 nitrogen and oxygen atoms in total. The van der Waals surface area contributed by atoms with E-state index < -0.39 is 33.7 Å². The molecule has 0 aromatic carbocycles. The van der Waals surface area contributed by atoms with Crippen molar-refractivity contribution in [1.29, 1.82) is 0 Å². The third-order valence-electron chi connectivity index (χ3n) is 3.33. The molecule has 0 amide bonds. The Morgan fingerprint density at radius 1 is 0.920 bits per heavy atom. The van der Waals surface area contributed by atoms with Gasteiger partial charge >= 0.3 is 41.5 Å². The van der Waals surface area contributed by atoms with Crippen LogP contribution in [0.15, 0.2) is 0 Å². The molecule has 9 heteroatoms. The summed E-state index contributed by atoms with van der Waals surface area (Å²) in [5.41, 5.74) is 0. The van der Waals surface area contributed by atoms with Gasteiger partial charge in [0.15, 0.2) is 5.25 Å². The monoisotopic (exact) mass is 389 g/mol.